The second-order valence-corrected chi connectivity index (χ2v) is 10.4. The van der Waals surface area contributed by atoms with Crippen LogP contribution in [0.15, 0.2) is 42.5 Å². The summed E-state index contributed by atoms with van der Waals surface area (Å²) in [7, 11) is 0. The van der Waals surface area contributed by atoms with E-state index in [9.17, 15) is 18.0 Å². The molecule has 2 aromatic carbocycles. The van der Waals surface area contributed by atoms with Gasteiger partial charge in [0.25, 0.3) is 0 Å². The summed E-state index contributed by atoms with van der Waals surface area (Å²) in [6.07, 6.45) is 4.28. The zero-order valence-corrected chi connectivity index (χ0v) is 19.1. The van der Waals surface area contributed by atoms with Crippen molar-refractivity contribution in [3.05, 3.63) is 70.3 Å². The first-order valence-corrected chi connectivity index (χ1v) is 12.3. The summed E-state index contributed by atoms with van der Waals surface area (Å²) in [4.78, 5) is 13.3. The molecule has 2 saturated carbocycles. The molecule has 0 spiro atoms. The van der Waals surface area contributed by atoms with Crippen LogP contribution in [0.2, 0.25) is 0 Å². The highest BCUT2D eigenvalue weighted by Gasteiger charge is 2.43. The van der Waals surface area contributed by atoms with Crippen LogP contribution >= 0.6 is 0 Å². The molecule has 2 nitrogen and oxygen atoms in total. The Kier molecular flexibility index (Phi) is 6.11. The number of nitrogens with one attached hydrogen (secondary N) is 1. The molecule has 0 aromatic heterocycles. The van der Waals surface area contributed by atoms with Crippen molar-refractivity contribution in [3.63, 3.8) is 0 Å². The molecular formula is C28H32F3NO. The second-order valence-electron chi connectivity index (χ2n) is 10.4. The summed E-state index contributed by atoms with van der Waals surface area (Å²) in [5, 5.41) is 3.73. The maximum absolute atomic E-state index is 13.3. The number of fused-ring (bicyclic) bond motifs is 2. The van der Waals surface area contributed by atoms with Gasteiger partial charge < -0.3 is 5.32 Å². The molecule has 0 radical (unpaired) electrons. The number of ketones is 1. The first kappa shape index (κ1) is 22.6. The maximum atomic E-state index is 13.3. The highest BCUT2D eigenvalue weighted by molar-refractivity contribution is 5.98. The Morgan fingerprint density at radius 3 is 2.42 bits per heavy atom. The summed E-state index contributed by atoms with van der Waals surface area (Å²) >= 11 is 0. The van der Waals surface area contributed by atoms with E-state index in [1.807, 2.05) is 0 Å². The number of hydrogen-bond acceptors (Lipinski definition) is 2. The van der Waals surface area contributed by atoms with Gasteiger partial charge in [0.1, 0.15) is 0 Å². The Balaban J connectivity index is 1.39. The van der Waals surface area contributed by atoms with E-state index in [4.69, 9.17) is 0 Å². The van der Waals surface area contributed by atoms with E-state index >= 15 is 0 Å². The van der Waals surface area contributed by atoms with Crippen molar-refractivity contribution >= 4 is 5.78 Å². The number of aryl methyl sites for hydroxylation is 2. The van der Waals surface area contributed by atoms with E-state index in [-0.39, 0.29) is 29.7 Å². The predicted octanol–water partition coefficient (Wildman–Crippen LogP) is 6.85. The van der Waals surface area contributed by atoms with Crippen LogP contribution in [0.25, 0.3) is 0 Å². The number of carbonyl (C=O) groups is 1. The van der Waals surface area contributed by atoms with E-state index < -0.39 is 11.7 Å². The van der Waals surface area contributed by atoms with Crippen molar-refractivity contribution in [1.29, 1.82) is 0 Å². The molecular weight excluding hydrogens is 423 g/mol. The van der Waals surface area contributed by atoms with Crippen LogP contribution in [0.3, 0.4) is 0 Å². The number of piperidine rings is 1. The third-order valence-electron chi connectivity index (χ3n) is 8.06. The zero-order valence-electron chi connectivity index (χ0n) is 19.1. The topological polar surface area (TPSA) is 29.1 Å². The molecule has 5 rings (SSSR count). The largest absolute Gasteiger partial charge is 0.416 e. The molecule has 3 aliphatic rings. The zero-order chi connectivity index (χ0) is 23.2. The molecule has 0 amide bonds. The van der Waals surface area contributed by atoms with Crippen LogP contribution in [0.1, 0.15) is 83.5 Å². The number of halogens is 3. The van der Waals surface area contributed by atoms with E-state index in [0.717, 1.165) is 42.9 Å². The van der Waals surface area contributed by atoms with Crippen molar-refractivity contribution in [1.82, 2.24) is 5.32 Å². The Morgan fingerprint density at radius 1 is 1.06 bits per heavy atom. The van der Waals surface area contributed by atoms with Crippen molar-refractivity contribution in [2.24, 2.45) is 11.8 Å². The van der Waals surface area contributed by atoms with E-state index in [2.05, 4.69) is 29.6 Å². The van der Waals surface area contributed by atoms with Crippen LogP contribution in [-0.4, -0.2) is 17.9 Å². The molecule has 1 saturated heterocycles. The lowest BCUT2D eigenvalue weighted by atomic mass is 9.79. The molecule has 4 atom stereocenters. The number of rotatable bonds is 8. The number of benzene rings is 2. The molecule has 1 unspecified atom stereocenters. The Labute approximate surface area is 194 Å². The average Bonchev–Trinajstić information content (AvgIpc) is 3.38. The van der Waals surface area contributed by atoms with E-state index in [0.29, 0.717) is 17.5 Å². The van der Waals surface area contributed by atoms with Gasteiger partial charge in [0.15, 0.2) is 5.78 Å². The Hall–Kier alpha value is -2.14. The normalized spacial score (nSPS) is 25.4. The third kappa shape index (κ3) is 5.03. The van der Waals surface area contributed by atoms with Crippen LogP contribution in [0.4, 0.5) is 13.2 Å². The van der Waals surface area contributed by atoms with Gasteiger partial charge in [-0.05, 0) is 79.7 Å². The lowest BCUT2D eigenvalue weighted by Gasteiger charge is -2.32. The van der Waals surface area contributed by atoms with Gasteiger partial charge in [-0.3, -0.25) is 4.79 Å². The summed E-state index contributed by atoms with van der Waals surface area (Å²) in [6.45, 7) is 1.72. The molecule has 176 valence electrons. The maximum Gasteiger partial charge on any atom is 0.416 e. The number of Topliss-reactive ketones (excluding diaryl/α,β-unsaturated/α-hetero) is 1. The molecule has 1 heterocycles. The SMILES string of the molecule is Cc1ccc(C(F)(F)F)cc1C(=O)C[C@H](c1ccc(CCC2CC2)cc1)C1N[C@@H]2CC[C@H]1C2. The quantitative estimate of drug-likeness (QED) is 0.441. The smallest absolute Gasteiger partial charge is 0.310 e. The Bertz CT molecular complexity index is 1010. The van der Waals surface area contributed by atoms with Gasteiger partial charge in [-0.25, -0.2) is 0 Å². The van der Waals surface area contributed by atoms with Crippen LogP contribution < -0.4 is 5.32 Å². The molecule has 2 aromatic rings. The summed E-state index contributed by atoms with van der Waals surface area (Å²) in [5.74, 6) is 1.19. The van der Waals surface area contributed by atoms with Gasteiger partial charge in [0.2, 0.25) is 0 Å². The number of alkyl halides is 3. The predicted molar refractivity (Wildman–Crippen MR) is 123 cm³/mol. The van der Waals surface area contributed by atoms with Crippen molar-refractivity contribution in [2.75, 3.05) is 0 Å². The molecule has 1 aliphatic heterocycles. The lowest BCUT2D eigenvalue weighted by Crippen LogP contribution is -2.40. The van der Waals surface area contributed by atoms with E-state index in [1.165, 1.54) is 37.3 Å². The van der Waals surface area contributed by atoms with Gasteiger partial charge >= 0.3 is 6.18 Å². The first-order valence-electron chi connectivity index (χ1n) is 12.3. The first-order chi connectivity index (χ1) is 15.8. The minimum atomic E-state index is -4.45. The number of carbonyl (C=O) groups excluding carboxylic acids is 1. The molecule has 2 aliphatic carbocycles. The van der Waals surface area contributed by atoms with Crippen molar-refractivity contribution < 1.29 is 18.0 Å². The average molecular weight is 456 g/mol. The fourth-order valence-corrected chi connectivity index (χ4v) is 5.92. The highest BCUT2D eigenvalue weighted by atomic mass is 19.4. The van der Waals surface area contributed by atoms with Gasteiger partial charge in [-0.2, -0.15) is 13.2 Å². The summed E-state index contributed by atoms with van der Waals surface area (Å²) < 4.78 is 39.8. The summed E-state index contributed by atoms with van der Waals surface area (Å²) in [5.41, 5.74) is 2.48. The van der Waals surface area contributed by atoms with Gasteiger partial charge in [-0.1, -0.05) is 43.2 Å². The molecule has 33 heavy (non-hydrogen) atoms. The fraction of sp³-hybridized carbons (Fsp3) is 0.536. The second kappa shape index (κ2) is 8.90. The molecule has 3 fully saturated rings. The lowest BCUT2D eigenvalue weighted by molar-refractivity contribution is -0.137. The molecule has 2 bridgehead atoms. The van der Waals surface area contributed by atoms with Crippen molar-refractivity contribution in [2.45, 2.75) is 82.5 Å². The molecule has 5 heteroatoms. The van der Waals surface area contributed by atoms with Crippen LogP contribution in [0, 0.1) is 18.8 Å². The summed E-state index contributed by atoms with van der Waals surface area (Å²) in [6, 6.07) is 12.9. The monoisotopic (exact) mass is 455 g/mol. The van der Waals surface area contributed by atoms with Crippen molar-refractivity contribution in [3.8, 4) is 0 Å². The minimum Gasteiger partial charge on any atom is -0.310 e. The van der Waals surface area contributed by atoms with Gasteiger partial charge in [-0.15, -0.1) is 0 Å². The standard InChI is InChI=1S/C28H32F3NO/c1-17-2-12-22(28(29,30)31)15-24(17)26(33)16-25(27-21-11-13-23(14-21)32-27)20-9-7-19(8-10-20)6-5-18-3-4-18/h2,7-10,12,15,18,21,23,25,27,32H,3-6,11,13-14,16H2,1H3/t21-,23+,25+,27?/m0/s1. The highest BCUT2D eigenvalue weighted by Crippen LogP contribution is 2.43. The molecule has 1 N–H and O–H groups in total. The number of hydrogen-bond donors (Lipinski definition) is 1. The fourth-order valence-electron chi connectivity index (χ4n) is 5.92. The van der Waals surface area contributed by atoms with Gasteiger partial charge in [0.05, 0.1) is 5.56 Å². The van der Waals surface area contributed by atoms with Gasteiger partial charge in [0, 0.05) is 30.0 Å². The third-order valence-corrected chi connectivity index (χ3v) is 8.06. The Morgan fingerprint density at radius 2 is 1.82 bits per heavy atom. The van der Waals surface area contributed by atoms with E-state index in [1.54, 1.807) is 6.92 Å². The van der Waals surface area contributed by atoms with Crippen LogP contribution in [-0.2, 0) is 12.6 Å². The van der Waals surface area contributed by atoms with Crippen LogP contribution in [0.5, 0.6) is 0 Å². The minimum absolute atomic E-state index is 0.0285.